The maximum atomic E-state index is 12.9. The lowest BCUT2D eigenvalue weighted by molar-refractivity contribution is -0.166. The van der Waals surface area contributed by atoms with Crippen LogP contribution in [0.1, 0.15) is 233 Å². The summed E-state index contributed by atoms with van der Waals surface area (Å²) in [6.07, 6.45) is 88.3. The lowest BCUT2D eigenvalue weighted by Gasteiger charge is -2.18. The zero-order valence-corrected chi connectivity index (χ0v) is 47.3. The molecule has 74 heavy (non-hydrogen) atoms. The van der Waals surface area contributed by atoms with Gasteiger partial charge in [0.15, 0.2) is 6.10 Å². The Labute approximate surface area is 454 Å². The molecule has 0 N–H and O–H groups in total. The molecule has 0 bridgehead atoms. The molecule has 0 aliphatic heterocycles. The van der Waals surface area contributed by atoms with Gasteiger partial charge in [0, 0.05) is 12.8 Å². The number of rotatable bonds is 51. The van der Waals surface area contributed by atoms with Crippen LogP contribution in [0.4, 0.5) is 0 Å². The molecule has 0 rings (SSSR count). The number of allylic oxidation sites excluding steroid dienone is 25. The van der Waals surface area contributed by atoms with Gasteiger partial charge in [-0.25, -0.2) is 0 Å². The fourth-order valence-electron chi connectivity index (χ4n) is 7.43. The van der Waals surface area contributed by atoms with Crippen molar-refractivity contribution in [1.29, 1.82) is 0 Å². The first-order chi connectivity index (χ1) is 36.5. The summed E-state index contributed by atoms with van der Waals surface area (Å²) >= 11 is 0. The molecule has 6 nitrogen and oxygen atoms in total. The molecule has 0 aliphatic rings. The Balaban J connectivity index is 4.56. The molecule has 0 aromatic carbocycles. The number of carbonyl (C=O) groups is 3. The van der Waals surface area contributed by atoms with E-state index in [1.807, 2.05) is 6.08 Å². The highest BCUT2D eigenvalue weighted by Gasteiger charge is 2.19. The Morgan fingerprint density at radius 2 is 0.581 bits per heavy atom. The molecule has 414 valence electrons. The van der Waals surface area contributed by atoms with E-state index in [0.29, 0.717) is 6.42 Å². The van der Waals surface area contributed by atoms with Gasteiger partial charge in [-0.2, -0.15) is 0 Å². The third-order valence-corrected chi connectivity index (χ3v) is 11.8. The molecule has 0 amide bonds. The fraction of sp³-hybridized carbons (Fsp3) is 0.574. The van der Waals surface area contributed by atoms with Crippen LogP contribution in [0.3, 0.4) is 0 Å². The molecule has 0 spiro atoms. The molecule has 0 aromatic heterocycles. The molecular weight excluding hydrogens is 913 g/mol. The van der Waals surface area contributed by atoms with Crippen molar-refractivity contribution >= 4 is 17.9 Å². The van der Waals surface area contributed by atoms with Gasteiger partial charge in [-0.1, -0.05) is 243 Å². The van der Waals surface area contributed by atoms with Gasteiger partial charge in [-0.05, 0) is 128 Å². The van der Waals surface area contributed by atoms with Crippen LogP contribution in [0.5, 0.6) is 0 Å². The van der Waals surface area contributed by atoms with Crippen LogP contribution >= 0.6 is 0 Å². The zero-order valence-electron chi connectivity index (χ0n) is 47.3. The van der Waals surface area contributed by atoms with Crippen molar-refractivity contribution in [3.05, 3.63) is 158 Å². The third kappa shape index (κ3) is 57.9. The van der Waals surface area contributed by atoms with E-state index < -0.39 is 12.1 Å². The smallest absolute Gasteiger partial charge is 0.309 e. The summed E-state index contributed by atoms with van der Waals surface area (Å²) in [4.78, 5) is 38.2. The molecule has 0 aromatic rings. The molecule has 0 heterocycles. The van der Waals surface area contributed by atoms with Crippen LogP contribution < -0.4 is 0 Å². The Morgan fingerprint density at radius 3 is 0.946 bits per heavy atom. The van der Waals surface area contributed by atoms with E-state index in [2.05, 4.69) is 167 Å². The average molecular weight is 1020 g/mol. The van der Waals surface area contributed by atoms with Gasteiger partial charge in [0.25, 0.3) is 0 Å². The molecule has 0 aliphatic carbocycles. The summed E-state index contributed by atoms with van der Waals surface area (Å²) in [7, 11) is 0. The van der Waals surface area contributed by atoms with Gasteiger partial charge in [0.2, 0.25) is 0 Å². The SMILES string of the molecule is CC/C=C\C/C=C\C/C=C\C/C=C\C/C=C\C/C=C\CCCCCCC(=O)OCC(COC(=O)C/C=C\C/C=C\C/C=C\C/C=C\C/C=C\CC)OC(=O)CCCCCCCCC/C=C\C/C=C\CCCCCC. The van der Waals surface area contributed by atoms with E-state index in [1.165, 1.54) is 51.4 Å². The second-order valence-corrected chi connectivity index (χ2v) is 18.8. The van der Waals surface area contributed by atoms with Crippen LogP contribution in [-0.2, 0) is 28.6 Å². The van der Waals surface area contributed by atoms with Crippen LogP contribution in [0.2, 0.25) is 0 Å². The molecule has 0 fully saturated rings. The van der Waals surface area contributed by atoms with Gasteiger partial charge in [0.05, 0.1) is 6.42 Å². The normalized spacial score (nSPS) is 13.3. The van der Waals surface area contributed by atoms with Crippen LogP contribution in [-0.4, -0.2) is 37.2 Å². The van der Waals surface area contributed by atoms with Crippen molar-refractivity contribution in [2.24, 2.45) is 0 Å². The van der Waals surface area contributed by atoms with Crippen molar-refractivity contribution in [1.82, 2.24) is 0 Å². The monoisotopic (exact) mass is 1020 g/mol. The lowest BCUT2D eigenvalue weighted by Crippen LogP contribution is -2.30. The molecule has 0 saturated carbocycles. The predicted octanol–water partition coefficient (Wildman–Crippen LogP) is 20.1. The zero-order chi connectivity index (χ0) is 53.6. The first-order valence-electron chi connectivity index (χ1n) is 29.5. The number of ether oxygens (including phenoxy) is 3. The molecule has 0 saturated heterocycles. The van der Waals surface area contributed by atoms with Crippen molar-refractivity contribution in [2.45, 2.75) is 239 Å². The summed E-state index contributed by atoms with van der Waals surface area (Å²) < 4.78 is 16.7. The van der Waals surface area contributed by atoms with Gasteiger partial charge in [0.1, 0.15) is 13.2 Å². The predicted molar refractivity (Wildman–Crippen MR) is 320 cm³/mol. The summed E-state index contributed by atoms with van der Waals surface area (Å²) in [5.41, 5.74) is 0. The van der Waals surface area contributed by atoms with Crippen molar-refractivity contribution in [3.63, 3.8) is 0 Å². The first-order valence-corrected chi connectivity index (χ1v) is 29.5. The summed E-state index contributed by atoms with van der Waals surface area (Å²) in [5.74, 6) is -1.10. The second-order valence-electron chi connectivity index (χ2n) is 18.8. The molecular formula is C68H106O6. The second kappa shape index (κ2) is 60.6. The highest BCUT2D eigenvalue weighted by molar-refractivity contribution is 5.72. The van der Waals surface area contributed by atoms with Gasteiger partial charge < -0.3 is 14.2 Å². The molecule has 6 heteroatoms. The number of hydrogen-bond donors (Lipinski definition) is 0. The Bertz CT molecular complexity index is 1690. The third-order valence-electron chi connectivity index (χ3n) is 11.8. The van der Waals surface area contributed by atoms with Crippen molar-refractivity contribution in [2.75, 3.05) is 13.2 Å². The topological polar surface area (TPSA) is 78.9 Å². The van der Waals surface area contributed by atoms with E-state index >= 15 is 0 Å². The van der Waals surface area contributed by atoms with Crippen LogP contribution in [0, 0.1) is 0 Å². The minimum atomic E-state index is -0.842. The standard InChI is InChI=1S/C68H106O6/c1-4-7-10-13-16-19-22-25-28-30-32-33-34-35-36-38-40-43-46-49-52-55-58-61-67(70)73-64-65(63-72-66(69)60-57-54-51-48-45-42-39-27-24-21-18-15-12-9-6-3)74-68(71)62-59-56-53-50-47-44-41-37-31-29-26-23-20-17-14-11-8-5-2/h7,9-10,12,16,18-21,23,25,27-29,31-33,35-36,39-40,43,45,48,54,57,65H,4-6,8,11,13-15,17,22,24,26,30,34,37-38,41-42,44,46-47,49-53,55-56,58-64H2,1-3H3/b10-7-,12-9-,19-16-,21-18-,23-20-,28-25-,31-29-,33-32-,36-35-,39-27-,43-40-,48-45-,57-54-. The quantitative estimate of drug-likeness (QED) is 0.0261. The fourth-order valence-corrected chi connectivity index (χ4v) is 7.43. The van der Waals surface area contributed by atoms with Crippen molar-refractivity contribution in [3.8, 4) is 0 Å². The van der Waals surface area contributed by atoms with E-state index in [0.717, 1.165) is 141 Å². The summed E-state index contributed by atoms with van der Waals surface area (Å²) in [6, 6.07) is 0. The van der Waals surface area contributed by atoms with Gasteiger partial charge in [-0.3, -0.25) is 14.4 Å². The van der Waals surface area contributed by atoms with Crippen LogP contribution in [0.15, 0.2) is 158 Å². The maximum absolute atomic E-state index is 12.9. The maximum Gasteiger partial charge on any atom is 0.309 e. The number of unbranched alkanes of at least 4 members (excludes halogenated alkanes) is 15. The van der Waals surface area contributed by atoms with E-state index in [-0.39, 0.29) is 38.0 Å². The largest absolute Gasteiger partial charge is 0.462 e. The number of carbonyl (C=O) groups excluding carboxylic acids is 3. The number of esters is 3. The summed E-state index contributed by atoms with van der Waals surface area (Å²) in [6.45, 7) is 6.27. The van der Waals surface area contributed by atoms with E-state index in [1.54, 1.807) is 6.08 Å². The minimum Gasteiger partial charge on any atom is -0.462 e. The highest BCUT2D eigenvalue weighted by atomic mass is 16.6. The van der Waals surface area contributed by atoms with Crippen molar-refractivity contribution < 1.29 is 28.6 Å². The summed E-state index contributed by atoms with van der Waals surface area (Å²) in [5, 5.41) is 0. The molecule has 1 atom stereocenters. The Hall–Kier alpha value is -4.97. The van der Waals surface area contributed by atoms with Gasteiger partial charge in [-0.15, -0.1) is 0 Å². The lowest BCUT2D eigenvalue weighted by atomic mass is 10.1. The Kier molecular flexibility index (Phi) is 56.5. The van der Waals surface area contributed by atoms with Gasteiger partial charge >= 0.3 is 17.9 Å². The molecule has 1 unspecified atom stereocenters. The first kappa shape index (κ1) is 69.0. The van der Waals surface area contributed by atoms with E-state index in [4.69, 9.17) is 14.2 Å². The molecule has 0 radical (unpaired) electrons. The van der Waals surface area contributed by atoms with Crippen LogP contribution in [0.25, 0.3) is 0 Å². The number of hydrogen-bond acceptors (Lipinski definition) is 6. The average Bonchev–Trinajstić information content (AvgIpc) is 3.40. The Morgan fingerprint density at radius 1 is 0.297 bits per heavy atom. The highest BCUT2D eigenvalue weighted by Crippen LogP contribution is 2.13. The minimum absolute atomic E-state index is 0.113. The van der Waals surface area contributed by atoms with E-state index in [9.17, 15) is 14.4 Å².